The molecule has 1 fully saturated rings. The van der Waals surface area contributed by atoms with E-state index in [9.17, 15) is 19.8 Å². The number of ether oxygens (including phenoxy) is 3. The van der Waals surface area contributed by atoms with Gasteiger partial charge in [-0.05, 0) is 45.7 Å². The zero-order chi connectivity index (χ0) is 47.4. The van der Waals surface area contributed by atoms with Crippen LogP contribution in [0.2, 0.25) is 0 Å². The van der Waals surface area contributed by atoms with Crippen LogP contribution in [0.3, 0.4) is 0 Å². The van der Waals surface area contributed by atoms with Crippen LogP contribution >= 0.6 is 0 Å². The maximum Gasteiger partial charge on any atom is 0.220 e. The van der Waals surface area contributed by atoms with Crippen LogP contribution in [-0.4, -0.2) is 97.5 Å². The van der Waals surface area contributed by atoms with Crippen molar-refractivity contribution < 1.29 is 34.0 Å². The van der Waals surface area contributed by atoms with Gasteiger partial charge in [0.2, 0.25) is 11.8 Å². The van der Waals surface area contributed by atoms with Crippen LogP contribution in [0, 0.1) is 0 Å². The van der Waals surface area contributed by atoms with Gasteiger partial charge in [0.15, 0.2) is 5.79 Å². The fraction of sp³-hybridized carbons (Fsp3) is 0.964. The maximum absolute atomic E-state index is 12.6. The first-order valence-corrected chi connectivity index (χ1v) is 28.1. The van der Waals surface area contributed by atoms with E-state index in [0.717, 1.165) is 51.6 Å². The molecular weight excluding hydrogens is 815 g/mol. The number of nitrogens with two attached hydrogens (primary N) is 1. The number of nitrogens with one attached hydrogen (secondary N) is 1. The fourth-order valence-electron chi connectivity index (χ4n) is 9.41. The lowest BCUT2D eigenvalue weighted by atomic mass is 9.98. The van der Waals surface area contributed by atoms with Crippen LogP contribution in [0.15, 0.2) is 0 Å². The van der Waals surface area contributed by atoms with E-state index in [1.54, 1.807) is 0 Å². The molecule has 1 heterocycles. The average Bonchev–Trinajstić information content (AvgIpc) is 3.71. The minimum Gasteiger partial charge on any atom is -0.394 e. The summed E-state index contributed by atoms with van der Waals surface area (Å²) in [5, 5.41) is 22.4. The van der Waals surface area contributed by atoms with Gasteiger partial charge in [-0.15, -0.1) is 0 Å². The normalized spacial score (nSPS) is 15.1. The zero-order valence-corrected chi connectivity index (χ0v) is 43.3. The molecule has 10 heteroatoms. The van der Waals surface area contributed by atoms with Crippen LogP contribution in [0.25, 0.3) is 0 Å². The first-order chi connectivity index (χ1) is 31.7. The molecule has 1 saturated heterocycles. The predicted molar refractivity (Wildman–Crippen MR) is 272 cm³/mol. The molecule has 0 radical (unpaired) electrons. The largest absolute Gasteiger partial charge is 0.394 e. The highest BCUT2D eigenvalue weighted by Crippen LogP contribution is 2.36. The van der Waals surface area contributed by atoms with Crippen molar-refractivity contribution in [3.8, 4) is 0 Å². The molecule has 0 spiro atoms. The van der Waals surface area contributed by atoms with E-state index in [4.69, 9.17) is 19.9 Å². The summed E-state index contributed by atoms with van der Waals surface area (Å²) in [6, 6.07) is 0. The first-order valence-electron chi connectivity index (χ1n) is 28.1. The molecule has 1 rings (SSSR count). The Morgan fingerprint density at radius 1 is 0.600 bits per heavy atom. The molecule has 0 bridgehead atoms. The molecule has 10 nitrogen and oxygen atoms in total. The fourth-order valence-corrected chi connectivity index (χ4v) is 9.41. The summed E-state index contributed by atoms with van der Waals surface area (Å²) in [4.78, 5) is 26.0. The van der Waals surface area contributed by atoms with Gasteiger partial charge in [0.05, 0.1) is 39.1 Å². The maximum atomic E-state index is 12.6. The second-order valence-electron chi connectivity index (χ2n) is 20.4. The number of amides is 2. The van der Waals surface area contributed by atoms with Gasteiger partial charge in [-0.25, -0.2) is 0 Å². The second-order valence-corrected chi connectivity index (χ2v) is 20.4. The van der Waals surface area contributed by atoms with Crippen LogP contribution in [0.4, 0.5) is 0 Å². The zero-order valence-electron chi connectivity index (χ0n) is 43.3. The van der Waals surface area contributed by atoms with Crippen LogP contribution in [-0.2, 0) is 23.8 Å². The Hall–Kier alpha value is -1.30. The second kappa shape index (κ2) is 43.9. The third-order valence-electron chi connectivity index (χ3n) is 13.9. The van der Waals surface area contributed by atoms with Gasteiger partial charge in [0.1, 0.15) is 5.54 Å². The number of carbonyl (C=O) groups is 2. The molecule has 0 aromatic carbocycles. The Balaban J connectivity index is 2.37. The summed E-state index contributed by atoms with van der Waals surface area (Å²) in [6.45, 7) is 6.23. The number of hydrogen-bond acceptors (Lipinski definition) is 8. The lowest BCUT2D eigenvalue weighted by Gasteiger charge is -2.30. The Bertz CT molecular complexity index is 1020. The van der Waals surface area contributed by atoms with Crippen molar-refractivity contribution in [3.63, 3.8) is 0 Å². The monoisotopic (exact) mass is 924 g/mol. The molecule has 1 atom stereocenters. The van der Waals surface area contributed by atoms with E-state index in [1.165, 1.54) is 205 Å². The van der Waals surface area contributed by atoms with Gasteiger partial charge in [-0.2, -0.15) is 0 Å². The van der Waals surface area contributed by atoms with Gasteiger partial charge in [-0.1, -0.05) is 213 Å². The Kier molecular flexibility index (Phi) is 41.7. The summed E-state index contributed by atoms with van der Waals surface area (Å²) in [6.07, 6.45) is 50.3. The Morgan fingerprint density at radius 3 is 1.40 bits per heavy atom. The molecular formula is C55H109N3O7. The molecule has 65 heavy (non-hydrogen) atoms. The number of carbonyl (C=O) groups excluding carboxylic acids is 2. The lowest BCUT2D eigenvalue weighted by molar-refractivity contribution is -0.180. The lowest BCUT2D eigenvalue weighted by Crippen LogP contribution is -2.57. The minimum absolute atomic E-state index is 0.0385. The minimum atomic E-state index is -1.28. The van der Waals surface area contributed by atoms with E-state index in [2.05, 4.69) is 31.1 Å². The Labute approximate surface area is 401 Å². The smallest absolute Gasteiger partial charge is 0.220 e. The number of rotatable bonds is 51. The number of unbranched alkanes of at least 4 members (excludes halogenated alkanes) is 32. The van der Waals surface area contributed by atoms with Crippen molar-refractivity contribution >= 4 is 11.8 Å². The number of nitrogens with zero attached hydrogens (tertiary/aromatic N) is 1. The summed E-state index contributed by atoms with van der Waals surface area (Å²) in [7, 11) is 2.16. The predicted octanol–water partition coefficient (Wildman–Crippen LogP) is 13.0. The third-order valence-corrected chi connectivity index (χ3v) is 13.9. The molecule has 0 aromatic heterocycles. The van der Waals surface area contributed by atoms with Gasteiger partial charge in [-0.3, -0.25) is 9.59 Å². The van der Waals surface area contributed by atoms with Crippen molar-refractivity contribution in [1.29, 1.82) is 0 Å². The molecule has 0 aliphatic carbocycles. The average molecular weight is 924 g/mol. The molecule has 5 N–H and O–H groups in total. The highest BCUT2D eigenvalue weighted by Gasteiger charge is 2.40. The quantitative estimate of drug-likeness (QED) is 0.0442. The van der Waals surface area contributed by atoms with Gasteiger partial charge < -0.3 is 40.4 Å². The SMILES string of the molecule is CCCCCCCCCCCCCCCCCCC1(CCCCCCCCCCCCCCCCCC)OCC(CCN(C)CCCCCC(=O)NC(CO)(CO)COCCC(N)=O)O1. The van der Waals surface area contributed by atoms with Crippen LogP contribution in [0.5, 0.6) is 0 Å². The molecule has 0 aromatic rings. The van der Waals surface area contributed by atoms with E-state index >= 15 is 0 Å². The van der Waals surface area contributed by atoms with Crippen molar-refractivity contribution in [2.45, 2.75) is 288 Å². The first kappa shape index (κ1) is 61.7. The van der Waals surface area contributed by atoms with Gasteiger partial charge in [0.25, 0.3) is 0 Å². The number of aliphatic hydroxyl groups is 2. The summed E-state index contributed by atoms with van der Waals surface area (Å²) >= 11 is 0. The number of hydrogen-bond donors (Lipinski definition) is 4. The van der Waals surface area contributed by atoms with E-state index in [1.807, 2.05) is 0 Å². The van der Waals surface area contributed by atoms with Gasteiger partial charge in [0, 0.05) is 32.2 Å². The summed E-state index contributed by atoms with van der Waals surface area (Å²) in [5.74, 6) is -1.14. The highest BCUT2D eigenvalue weighted by molar-refractivity contribution is 5.76. The standard InChI is InChI=1S/C55H109N3O7/c1-4-6-8-10-12-14-16-18-20-22-24-26-28-30-32-36-42-55(43-37-33-31-29-27-25-23-21-19-17-15-13-11-9-7-5-2)64-47-51(65-55)40-45-58(3)44-38-34-35-39-53(62)57-54(48-59,49-60)50-63-46-41-52(56)61/h51,59-60H,4-50H2,1-3H3,(H2,56,61)(H,57,62). The molecule has 1 unspecified atom stereocenters. The Morgan fingerprint density at radius 2 is 1.00 bits per heavy atom. The third kappa shape index (κ3) is 36.4. The number of primary amides is 1. The van der Waals surface area contributed by atoms with Gasteiger partial charge >= 0.3 is 0 Å². The van der Waals surface area contributed by atoms with E-state index in [-0.39, 0.29) is 31.6 Å². The van der Waals surface area contributed by atoms with E-state index < -0.39 is 30.4 Å². The molecule has 1 aliphatic rings. The molecule has 2 amide bonds. The van der Waals surface area contributed by atoms with Crippen molar-refractivity contribution in [3.05, 3.63) is 0 Å². The van der Waals surface area contributed by atoms with Crippen LogP contribution < -0.4 is 11.1 Å². The summed E-state index contributed by atoms with van der Waals surface area (Å²) < 4.78 is 18.9. The van der Waals surface area contributed by atoms with Crippen molar-refractivity contribution in [1.82, 2.24) is 10.2 Å². The molecule has 1 aliphatic heterocycles. The highest BCUT2D eigenvalue weighted by atomic mass is 16.7. The van der Waals surface area contributed by atoms with Crippen molar-refractivity contribution in [2.75, 3.05) is 53.2 Å². The molecule has 0 saturated carbocycles. The van der Waals surface area contributed by atoms with E-state index in [0.29, 0.717) is 13.0 Å². The topological polar surface area (TPSA) is 144 Å². The number of aliphatic hydroxyl groups excluding tert-OH is 2. The summed E-state index contributed by atoms with van der Waals surface area (Å²) in [5.41, 5.74) is 3.86. The van der Waals surface area contributed by atoms with Crippen LogP contribution in [0.1, 0.15) is 271 Å². The van der Waals surface area contributed by atoms with Crippen molar-refractivity contribution in [2.24, 2.45) is 5.73 Å². The molecule has 386 valence electrons.